The summed E-state index contributed by atoms with van der Waals surface area (Å²) in [5.74, 6) is 0.240. The lowest BCUT2D eigenvalue weighted by Gasteiger charge is -2.29. The number of nitrogens with two attached hydrogens (primary N) is 1. The molecule has 3 heterocycles. The van der Waals surface area contributed by atoms with E-state index in [1.54, 1.807) is 20.9 Å². The highest BCUT2D eigenvalue weighted by Crippen LogP contribution is 2.35. The van der Waals surface area contributed by atoms with Crippen LogP contribution in [0.25, 0.3) is 11.2 Å². The summed E-state index contributed by atoms with van der Waals surface area (Å²) in [6.45, 7) is 3.85. The SMILES string of the molecule is CCOC(=O)CCN(C)C(O)[C@H]1O[C@@H](n2c(C)nc3c(N)ncnc32)[C@H](O)[C@@H]1O. The first-order chi connectivity index (χ1) is 13.8. The van der Waals surface area contributed by atoms with E-state index < -0.39 is 36.7 Å². The maximum Gasteiger partial charge on any atom is 0.307 e. The van der Waals surface area contributed by atoms with Crippen LogP contribution in [-0.4, -0.2) is 90.4 Å². The minimum Gasteiger partial charge on any atom is -0.466 e. The van der Waals surface area contributed by atoms with Gasteiger partial charge in [-0.15, -0.1) is 0 Å². The van der Waals surface area contributed by atoms with Crippen LogP contribution in [0.1, 0.15) is 25.4 Å². The minimum atomic E-state index is -1.38. The summed E-state index contributed by atoms with van der Waals surface area (Å²) >= 11 is 0. The second kappa shape index (κ2) is 8.55. The Bertz CT molecular complexity index is 875. The fourth-order valence-corrected chi connectivity index (χ4v) is 3.37. The van der Waals surface area contributed by atoms with Crippen LogP contribution in [0, 0.1) is 6.92 Å². The summed E-state index contributed by atoms with van der Waals surface area (Å²) in [4.78, 5) is 25.3. The Hall–Kier alpha value is -2.38. The molecule has 12 heteroatoms. The van der Waals surface area contributed by atoms with Gasteiger partial charge in [-0.1, -0.05) is 0 Å². The molecule has 1 unspecified atom stereocenters. The predicted molar refractivity (Wildman–Crippen MR) is 100 cm³/mol. The van der Waals surface area contributed by atoms with E-state index in [2.05, 4.69) is 15.0 Å². The third kappa shape index (κ3) is 4.02. The highest BCUT2D eigenvalue weighted by atomic mass is 16.6. The van der Waals surface area contributed by atoms with Gasteiger partial charge in [-0.05, 0) is 20.9 Å². The number of anilines is 1. The van der Waals surface area contributed by atoms with Gasteiger partial charge in [0, 0.05) is 6.54 Å². The molecule has 1 saturated heterocycles. The lowest BCUT2D eigenvalue weighted by molar-refractivity contribution is -0.147. The number of esters is 1. The number of hydrogen-bond acceptors (Lipinski definition) is 11. The van der Waals surface area contributed by atoms with Crippen LogP contribution in [0.2, 0.25) is 0 Å². The van der Waals surface area contributed by atoms with Crippen molar-refractivity contribution in [3.05, 3.63) is 12.2 Å². The molecule has 0 bridgehead atoms. The summed E-state index contributed by atoms with van der Waals surface area (Å²) in [6, 6.07) is 0. The van der Waals surface area contributed by atoms with Crippen molar-refractivity contribution < 1.29 is 29.6 Å². The number of nitrogen functional groups attached to an aromatic ring is 1. The standard InChI is InChI=1S/C17H26N6O6/c1-4-28-9(24)5-6-22(3)16(27)13-11(25)12(26)17(29-13)23-8(2)21-10-14(18)19-7-20-15(10)23/h7,11-13,16-17,25-27H,4-6H2,1-3H3,(H2,18,19,20)/t11-,12+,13-,16?,17+/m0/s1. The Morgan fingerprint density at radius 3 is 2.83 bits per heavy atom. The molecule has 12 nitrogen and oxygen atoms in total. The van der Waals surface area contributed by atoms with Crippen LogP contribution in [0.3, 0.4) is 0 Å². The second-order valence-electron chi connectivity index (χ2n) is 6.88. The van der Waals surface area contributed by atoms with E-state index in [1.807, 2.05) is 0 Å². The van der Waals surface area contributed by atoms with E-state index in [1.165, 1.54) is 15.8 Å². The van der Waals surface area contributed by atoms with E-state index in [0.29, 0.717) is 17.0 Å². The minimum absolute atomic E-state index is 0.0671. The van der Waals surface area contributed by atoms with Crippen LogP contribution in [0.5, 0.6) is 0 Å². The van der Waals surface area contributed by atoms with Crippen molar-refractivity contribution in [3.8, 4) is 0 Å². The average Bonchev–Trinajstić information content (AvgIpc) is 3.17. The van der Waals surface area contributed by atoms with Crippen molar-refractivity contribution in [1.29, 1.82) is 0 Å². The number of carbonyl (C=O) groups excluding carboxylic acids is 1. The third-order valence-electron chi connectivity index (χ3n) is 4.93. The number of ether oxygens (including phenoxy) is 2. The molecule has 0 radical (unpaired) electrons. The highest BCUT2D eigenvalue weighted by molar-refractivity contribution is 5.81. The maximum absolute atomic E-state index is 11.5. The predicted octanol–water partition coefficient (Wildman–Crippen LogP) is -1.46. The zero-order chi connectivity index (χ0) is 21.3. The summed E-state index contributed by atoms with van der Waals surface area (Å²) in [5.41, 5.74) is 6.53. The normalized spacial score (nSPS) is 25.6. The first-order valence-electron chi connectivity index (χ1n) is 9.26. The summed E-state index contributed by atoms with van der Waals surface area (Å²) < 4.78 is 12.2. The lowest BCUT2D eigenvalue weighted by atomic mass is 10.1. The molecule has 0 amide bonds. The molecule has 2 aromatic rings. The number of fused-ring (bicyclic) bond motifs is 1. The topological polar surface area (TPSA) is 169 Å². The number of nitrogens with zero attached hydrogens (tertiary/aromatic N) is 5. The Morgan fingerprint density at radius 1 is 1.41 bits per heavy atom. The molecule has 3 rings (SSSR count). The first kappa shape index (κ1) is 21.3. The van der Waals surface area contributed by atoms with Gasteiger partial charge in [-0.3, -0.25) is 14.3 Å². The van der Waals surface area contributed by atoms with E-state index in [0.717, 1.165) is 0 Å². The number of rotatable bonds is 7. The van der Waals surface area contributed by atoms with E-state index in [4.69, 9.17) is 15.2 Å². The van der Waals surface area contributed by atoms with Gasteiger partial charge in [0.25, 0.3) is 0 Å². The Kier molecular flexibility index (Phi) is 6.29. The average molecular weight is 410 g/mol. The lowest BCUT2D eigenvalue weighted by Crippen LogP contribution is -2.47. The molecule has 2 aromatic heterocycles. The number of aromatic nitrogens is 4. The smallest absolute Gasteiger partial charge is 0.307 e. The molecular formula is C17H26N6O6. The largest absolute Gasteiger partial charge is 0.466 e. The molecule has 0 aliphatic carbocycles. The number of hydrogen-bond donors (Lipinski definition) is 4. The van der Waals surface area contributed by atoms with Crippen LogP contribution in [0.4, 0.5) is 5.82 Å². The van der Waals surface area contributed by atoms with E-state index in [-0.39, 0.29) is 25.4 Å². The summed E-state index contributed by atoms with van der Waals surface area (Å²) in [6.07, 6.45) is -4.83. The van der Waals surface area contributed by atoms with Crippen LogP contribution in [0.15, 0.2) is 6.33 Å². The molecule has 0 aromatic carbocycles. The van der Waals surface area contributed by atoms with Crippen molar-refractivity contribution in [3.63, 3.8) is 0 Å². The van der Waals surface area contributed by atoms with Gasteiger partial charge in [0.15, 0.2) is 23.2 Å². The van der Waals surface area contributed by atoms with Crippen LogP contribution in [-0.2, 0) is 14.3 Å². The summed E-state index contributed by atoms with van der Waals surface area (Å²) in [7, 11) is 1.57. The molecule has 160 valence electrons. The van der Waals surface area contributed by atoms with Crippen molar-refractivity contribution in [2.75, 3.05) is 25.9 Å². The van der Waals surface area contributed by atoms with Gasteiger partial charge in [0.1, 0.15) is 36.7 Å². The molecule has 5 N–H and O–H groups in total. The van der Waals surface area contributed by atoms with Gasteiger partial charge in [-0.2, -0.15) is 0 Å². The third-order valence-corrected chi connectivity index (χ3v) is 4.93. The van der Waals surface area contributed by atoms with Crippen LogP contribution >= 0.6 is 0 Å². The molecule has 0 saturated carbocycles. The highest BCUT2D eigenvalue weighted by Gasteiger charge is 2.48. The van der Waals surface area contributed by atoms with Crippen LogP contribution < -0.4 is 5.73 Å². The number of imidazole rings is 1. The fourth-order valence-electron chi connectivity index (χ4n) is 3.37. The quantitative estimate of drug-likeness (QED) is 0.311. The zero-order valence-electron chi connectivity index (χ0n) is 16.5. The van der Waals surface area contributed by atoms with E-state index >= 15 is 0 Å². The first-order valence-corrected chi connectivity index (χ1v) is 9.26. The van der Waals surface area contributed by atoms with Gasteiger partial charge in [-0.25, -0.2) is 15.0 Å². The maximum atomic E-state index is 11.5. The van der Waals surface area contributed by atoms with Gasteiger partial charge in [0.2, 0.25) is 0 Å². The number of carbonyl (C=O) groups is 1. The number of aliphatic hydroxyl groups is 3. The van der Waals surface area contributed by atoms with E-state index in [9.17, 15) is 20.1 Å². The monoisotopic (exact) mass is 410 g/mol. The molecule has 0 spiro atoms. The Balaban J connectivity index is 1.78. The second-order valence-corrected chi connectivity index (χ2v) is 6.88. The number of aliphatic hydroxyl groups excluding tert-OH is 3. The summed E-state index contributed by atoms with van der Waals surface area (Å²) in [5, 5.41) is 31.6. The Morgan fingerprint density at radius 2 is 2.14 bits per heavy atom. The van der Waals surface area contributed by atoms with Gasteiger partial charge in [0.05, 0.1) is 13.0 Å². The van der Waals surface area contributed by atoms with Gasteiger partial charge >= 0.3 is 5.97 Å². The van der Waals surface area contributed by atoms with Crippen molar-refractivity contribution in [2.24, 2.45) is 0 Å². The van der Waals surface area contributed by atoms with Crippen molar-refractivity contribution in [1.82, 2.24) is 24.4 Å². The number of aryl methyl sites for hydroxylation is 1. The fraction of sp³-hybridized carbons (Fsp3) is 0.647. The van der Waals surface area contributed by atoms with Crippen molar-refractivity contribution in [2.45, 2.75) is 51.0 Å². The zero-order valence-corrected chi connectivity index (χ0v) is 16.5. The molecule has 1 fully saturated rings. The van der Waals surface area contributed by atoms with Crippen molar-refractivity contribution >= 4 is 23.0 Å². The molecule has 1 aliphatic heterocycles. The molecule has 5 atom stereocenters. The molecule has 1 aliphatic rings. The molecular weight excluding hydrogens is 384 g/mol. The molecule has 29 heavy (non-hydrogen) atoms. The number of likely N-dealkylation sites (N-methyl/N-ethyl adjacent to an activating group) is 1. The van der Waals surface area contributed by atoms with Gasteiger partial charge < -0.3 is 30.5 Å². The Labute approximate surface area is 166 Å².